The van der Waals surface area contributed by atoms with Crippen molar-refractivity contribution >= 4 is 54.3 Å². The van der Waals surface area contributed by atoms with Crippen LogP contribution < -0.4 is 20.5 Å². The van der Waals surface area contributed by atoms with Crippen LogP contribution in [0.4, 0.5) is 5.82 Å². The average Bonchev–Trinajstić information content (AvgIpc) is 3.33. The van der Waals surface area contributed by atoms with Gasteiger partial charge in [0.25, 0.3) is 15.6 Å². The molecule has 42 heavy (non-hydrogen) atoms. The number of aryl methyl sites for hydroxylation is 1. The Morgan fingerprint density at radius 2 is 1.69 bits per heavy atom. The molecule has 15 heteroatoms. The van der Waals surface area contributed by atoms with Crippen molar-refractivity contribution in [1.29, 1.82) is 0 Å². The van der Waals surface area contributed by atoms with Crippen LogP contribution in [0.5, 0.6) is 0 Å². The van der Waals surface area contributed by atoms with Crippen LogP contribution in [0.25, 0.3) is 10.9 Å². The molecule has 5 rings (SSSR count). The van der Waals surface area contributed by atoms with Gasteiger partial charge in [-0.2, -0.15) is 5.10 Å². The number of fused-ring (bicyclic) bond motifs is 1. The van der Waals surface area contributed by atoms with Gasteiger partial charge in [-0.25, -0.2) is 30.2 Å². The number of carbonyl (C=O) groups excluding carboxylic acids is 1. The Balaban J connectivity index is 1.19. The van der Waals surface area contributed by atoms with E-state index in [1.807, 2.05) is 4.90 Å². The van der Waals surface area contributed by atoms with Crippen LogP contribution in [0, 0.1) is 5.92 Å². The topological polar surface area (TPSA) is 152 Å². The van der Waals surface area contributed by atoms with E-state index in [1.165, 1.54) is 47.3 Å². The summed E-state index contributed by atoms with van der Waals surface area (Å²) in [4.78, 5) is 26.2. The molecule has 2 aromatic heterocycles. The normalized spacial score (nSPS) is 14.8. The van der Waals surface area contributed by atoms with Gasteiger partial charge >= 0.3 is 0 Å². The molecule has 12 nitrogen and oxygen atoms in total. The first-order valence-electron chi connectivity index (χ1n) is 13.2. The summed E-state index contributed by atoms with van der Waals surface area (Å²) in [5.41, 5.74) is -0.0708. The van der Waals surface area contributed by atoms with Crippen LogP contribution in [-0.4, -0.2) is 62.7 Å². The summed E-state index contributed by atoms with van der Waals surface area (Å²) in [7, 11) is -6.46. The number of rotatable bonds is 9. The summed E-state index contributed by atoms with van der Waals surface area (Å²) in [6, 6.07) is 15.0. The summed E-state index contributed by atoms with van der Waals surface area (Å²) in [6.45, 7) is 1.22. The highest BCUT2D eigenvalue weighted by molar-refractivity contribution is 7.90. The number of hydrogen-bond acceptors (Lipinski definition) is 8. The Labute approximate surface area is 248 Å². The van der Waals surface area contributed by atoms with E-state index in [9.17, 15) is 26.4 Å². The number of hydrogen-bond donors (Lipinski definition) is 2. The molecule has 222 valence electrons. The van der Waals surface area contributed by atoms with Gasteiger partial charge in [0.1, 0.15) is 5.82 Å². The largest absolute Gasteiger partial charge is 0.355 e. The van der Waals surface area contributed by atoms with Gasteiger partial charge in [0.05, 0.1) is 20.3 Å². The minimum Gasteiger partial charge on any atom is -0.355 e. The Morgan fingerprint density at radius 3 is 2.38 bits per heavy atom. The summed E-state index contributed by atoms with van der Waals surface area (Å²) in [5, 5.41) is 7.59. The average molecular weight is 633 g/mol. The lowest BCUT2D eigenvalue weighted by atomic mass is 9.96. The number of carbonyl (C=O) groups is 1. The molecule has 2 aromatic carbocycles. The lowest BCUT2D eigenvalue weighted by Crippen LogP contribution is -2.43. The third-order valence-electron chi connectivity index (χ3n) is 7.16. The second kappa shape index (κ2) is 11.9. The Kier molecular flexibility index (Phi) is 8.42. The zero-order valence-electron chi connectivity index (χ0n) is 22.6. The fourth-order valence-corrected chi connectivity index (χ4v) is 7.59. The maximum atomic E-state index is 13.2. The van der Waals surface area contributed by atoms with Crippen LogP contribution in [0.3, 0.4) is 0 Å². The molecule has 2 N–H and O–H groups in total. The van der Waals surface area contributed by atoms with Gasteiger partial charge < -0.3 is 10.2 Å². The summed E-state index contributed by atoms with van der Waals surface area (Å²) in [6.07, 6.45) is 2.43. The second-order valence-corrected chi connectivity index (χ2v) is 13.9. The van der Waals surface area contributed by atoms with E-state index >= 15 is 0 Å². The Morgan fingerprint density at radius 1 is 0.976 bits per heavy atom. The Bertz CT molecular complexity index is 1900. The third kappa shape index (κ3) is 6.07. The van der Waals surface area contributed by atoms with E-state index in [-0.39, 0.29) is 50.8 Å². The minimum absolute atomic E-state index is 0.0371. The van der Waals surface area contributed by atoms with Crippen molar-refractivity contribution in [2.24, 2.45) is 13.0 Å². The molecule has 0 bridgehead atoms. The van der Waals surface area contributed by atoms with E-state index in [0.29, 0.717) is 37.1 Å². The second-order valence-electron chi connectivity index (χ2n) is 9.87. The standard InChI is InChI=1S/C27H29ClN6O6S2/c1-32-26(35)10-9-25(31-32)33-15-11-19(12-16-33)27(36)29-13-14-30-41(37,38)21-7-8-22-23(28)18-34(24(22)17-21)42(39,40)20-5-3-2-4-6-20/h2-10,17-19,30H,11-16H2,1H3,(H,29,36). The van der Waals surface area contributed by atoms with Gasteiger partial charge in [-0.1, -0.05) is 29.8 Å². The van der Waals surface area contributed by atoms with Gasteiger partial charge in [-0.15, -0.1) is 0 Å². The molecule has 1 aliphatic rings. The Hall–Kier alpha value is -3.72. The molecule has 1 fully saturated rings. The van der Waals surface area contributed by atoms with Crippen LogP contribution in [-0.2, 0) is 31.9 Å². The fourth-order valence-electron chi connectivity index (χ4n) is 4.84. The van der Waals surface area contributed by atoms with Crippen molar-refractivity contribution in [3.8, 4) is 0 Å². The van der Waals surface area contributed by atoms with Gasteiger partial charge in [-0.3, -0.25) is 9.59 Å². The molecule has 0 spiro atoms. The molecular formula is C27H29ClN6O6S2. The predicted molar refractivity (Wildman–Crippen MR) is 159 cm³/mol. The number of benzene rings is 2. The highest BCUT2D eigenvalue weighted by Gasteiger charge is 2.26. The summed E-state index contributed by atoms with van der Waals surface area (Å²) in [5.74, 6) is 0.287. The van der Waals surface area contributed by atoms with E-state index < -0.39 is 20.0 Å². The van der Waals surface area contributed by atoms with Crippen LogP contribution in [0.15, 0.2) is 81.4 Å². The van der Waals surface area contributed by atoms with E-state index in [0.717, 1.165) is 3.97 Å². The highest BCUT2D eigenvalue weighted by atomic mass is 35.5. The number of aromatic nitrogens is 3. The van der Waals surface area contributed by atoms with E-state index in [1.54, 1.807) is 31.3 Å². The first-order chi connectivity index (χ1) is 20.0. The molecule has 0 aliphatic carbocycles. The van der Waals surface area contributed by atoms with Crippen molar-refractivity contribution in [2.75, 3.05) is 31.1 Å². The maximum absolute atomic E-state index is 13.2. The monoisotopic (exact) mass is 632 g/mol. The van der Waals surface area contributed by atoms with Crippen molar-refractivity contribution in [3.05, 3.63) is 82.2 Å². The smallest absolute Gasteiger partial charge is 0.268 e. The number of amides is 1. The van der Waals surface area contributed by atoms with Crippen molar-refractivity contribution in [3.63, 3.8) is 0 Å². The van der Waals surface area contributed by atoms with Crippen molar-refractivity contribution in [1.82, 2.24) is 23.8 Å². The number of halogens is 1. The first kappa shape index (κ1) is 29.8. The molecule has 1 saturated heterocycles. The highest BCUT2D eigenvalue weighted by Crippen LogP contribution is 2.31. The molecule has 4 aromatic rings. The van der Waals surface area contributed by atoms with E-state index in [4.69, 9.17) is 11.6 Å². The molecule has 1 aliphatic heterocycles. The van der Waals surface area contributed by atoms with Crippen molar-refractivity contribution < 1.29 is 21.6 Å². The molecule has 1 amide bonds. The number of nitrogens with one attached hydrogen (secondary N) is 2. The zero-order chi connectivity index (χ0) is 30.1. The lowest BCUT2D eigenvalue weighted by molar-refractivity contribution is -0.125. The lowest BCUT2D eigenvalue weighted by Gasteiger charge is -2.32. The van der Waals surface area contributed by atoms with Crippen LogP contribution in [0.1, 0.15) is 12.8 Å². The quantitative estimate of drug-likeness (QED) is 0.266. The third-order valence-corrected chi connectivity index (χ3v) is 10.6. The van der Waals surface area contributed by atoms with Gasteiger partial charge in [-0.05, 0) is 49.2 Å². The van der Waals surface area contributed by atoms with Gasteiger partial charge in [0, 0.05) is 56.8 Å². The molecule has 0 radical (unpaired) electrons. The predicted octanol–water partition coefficient (Wildman–Crippen LogP) is 1.94. The fraction of sp³-hybridized carbons (Fsp3) is 0.296. The summed E-state index contributed by atoms with van der Waals surface area (Å²) >= 11 is 6.28. The molecule has 0 unspecified atom stereocenters. The molecule has 3 heterocycles. The molecule has 0 atom stereocenters. The minimum atomic E-state index is -4.03. The van der Waals surface area contributed by atoms with Crippen molar-refractivity contribution in [2.45, 2.75) is 22.6 Å². The van der Waals surface area contributed by atoms with Gasteiger partial charge in [0.15, 0.2) is 0 Å². The summed E-state index contributed by atoms with van der Waals surface area (Å²) < 4.78 is 57.2. The van der Waals surface area contributed by atoms with Gasteiger partial charge in [0.2, 0.25) is 15.9 Å². The number of anilines is 1. The zero-order valence-corrected chi connectivity index (χ0v) is 25.0. The van der Waals surface area contributed by atoms with Crippen LogP contribution in [0.2, 0.25) is 5.02 Å². The maximum Gasteiger partial charge on any atom is 0.268 e. The molecular weight excluding hydrogens is 604 g/mol. The molecule has 0 saturated carbocycles. The van der Waals surface area contributed by atoms with E-state index in [2.05, 4.69) is 15.1 Å². The number of piperidine rings is 1. The SMILES string of the molecule is Cn1nc(N2CCC(C(=O)NCCNS(=O)(=O)c3ccc4c(Cl)cn(S(=O)(=O)c5ccccc5)c4c3)CC2)ccc1=O. The first-order valence-corrected chi connectivity index (χ1v) is 16.5. The number of nitrogens with zero attached hydrogens (tertiary/aromatic N) is 4. The number of sulfonamides is 1. The van der Waals surface area contributed by atoms with Crippen LogP contribution >= 0.6 is 11.6 Å².